The number of ether oxygens (including phenoxy) is 2. The van der Waals surface area contributed by atoms with Gasteiger partial charge in [-0.1, -0.05) is 72.2 Å². The first-order chi connectivity index (χ1) is 14.2. The number of halogens is 1. The number of hydrogen-bond acceptors (Lipinski definition) is 5. The molecule has 3 rings (SSSR count). The second-order valence-electron chi connectivity index (χ2n) is 8.09. The minimum absolute atomic E-state index is 0.125. The van der Waals surface area contributed by atoms with Crippen LogP contribution in [0.3, 0.4) is 0 Å². The minimum Gasteiger partial charge on any atom is -0.456 e. The number of rotatable bonds is 6. The molecule has 1 atom stereocenters. The number of esters is 1. The quantitative estimate of drug-likeness (QED) is 0.452. The Hall–Kier alpha value is -2.67. The molecular weight excluding hydrogens is 450 g/mol. The lowest BCUT2D eigenvalue weighted by atomic mass is 9.91. The Kier molecular flexibility index (Phi) is 6.92. The standard InChI is InChI=1S/C23H24BrNO5/c1-23(2)12-19(21(27)29-14-20(26)17-8-10-18(24)11-9-17)25(15-23)22(28)30-13-16-6-4-3-5-7-16/h3-11,19H,12-15H2,1-2H3/t19-/m0/s1. The molecule has 1 amide bonds. The summed E-state index contributed by atoms with van der Waals surface area (Å²) in [6.07, 6.45) is -0.121. The van der Waals surface area contributed by atoms with Gasteiger partial charge in [0.05, 0.1) is 0 Å². The van der Waals surface area contributed by atoms with Gasteiger partial charge in [0.25, 0.3) is 0 Å². The van der Waals surface area contributed by atoms with E-state index in [1.54, 1.807) is 24.3 Å². The molecule has 1 saturated heterocycles. The molecule has 0 spiro atoms. The van der Waals surface area contributed by atoms with Crippen LogP contribution in [-0.4, -0.2) is 41.9 Å². The summed E-state index contributed by atoms with van der Waals surface area (Å²) >= 11 is 3.31. The van der Waals surface area contributed by atoms with E-state index in [9.17, 15) is 14.4 Å². The number of benzene rings is 2. The summed E-state index contributed by atoms with van der Waals surface area (Å²) < 4.78 is 11.5. The third-order valence-electron chi connectivity index (χ3n) is 4.94. The summed E-state index contributed by atoms with van der Waals surface area (Å²) in [5.74, 6) is -0.894. The molecule has 158 valence electrons. The Morgan fingerprint density at radius 2 is 1.70 bits per heavy atom. The monoisotopic (exact) mass is 473 g/mol. The lowest BCUT2D eigenvalue weighted by Gasteiger charge is -2.23. The van der Waals surface area contributed by atoms with E-state index in [1.165, 1.54) is 4.90 Å². The molecule has 6 nitrogen and oxygen atoms in total. The highest BCUT2D eigenvalue weighted by Gasteiger charge is 2.45. The van der Waals surface area contributed by atoms with Crippen LogP contribution in [0, 0.1) is 5.41 Å². The molecule has 1 heterocycles. The lowest BCUT2D eigenvalue weighted by Crippen LogP contribution is -2.42. The summed E-state index contributed by atoms with van der Waals surface area (Å²) in [4.78, 5) is 39.0. The molecule has 0 N–H and O–H groups in total. The maximum atomic E-state index is 12.7. The van der Waals surface area contributed by atoms with E-state index >= 15 is 0 Å². The third-order valence-corrected chi connectivity index (χ3v) is 5.47. The second kappa shape index (κ2) is 9.43. The Morgan fingerprint density at radius 1 is 1.03 bits per heavy atom. The summed E-state index contributed by atoms with van der Waals surface area (Å²) in [5.41, 5.74) is 1.06. The van der Waals surface area contributed by atoms with E-state index in [1.807, 2.05) is 44.2 Å². The van der Waals surface area contributed by atoms with Gasteiger partial charge < -0.3 is 9.47 Å². The Morgan fingerprint density at radius 3 is 2.37 bits per heavy atom. The number of carbonyl (C=O) groups is 3. The zero-order chi connectivity index (χ0) is 21.7. The molecular formula is C23H24BrNO5. The zero-order valence-electron chi connectivity index (χ0n) is 17.0. The largest absolute Gasteiger partial charge is 0.456 e. The van der Waals surface area contributed by atoms with Crippen molar-refractivity contribution in [1.82, 2.24) is 4.90 Å². The van der Waals surface area contributed by atoms with Crippen LogP contribution in [0.5, 0.6) is 0 Å². The van der Waals surface area contributed by atoms with Crippen LogP contribution < -0.4 is 0 Å². The van der Waals surface area contributed by atoms with Gasteiger partial charge in [-0.25, -0.2) is 9.59 Å². The number of Topliss-reactive ketones (excluding diaryl/α,β-unsaturated/α-hetero) is 1. The number of hydrogen-bond donors (Lipinski definition) is 0. The van der Waals surface area contributed by atoms with Gasteiger partial charge in [0.2, 0.25) is 0 Å². The predicted molar refractivity (Wildman–Crippen MR) is 115 cm³/mol. The number of carbonyl (C=O) groups excluding carboxylic acids is 3. The molecule has 0 radical (unpaired) electrons. The molecule has 7 heteroatoms. The normalized spacial score (nSPS) is 17.4. The van der Waals surface area contributed by atoms with E-state index in [0.717, 1.165) is 10.0 Å². The molecule has 1 aliphatic rings. The van der Waals surface area contributed by atoms with Crippen LogP contribution >= 0.6 is 15.9 Å². The number of amides is 1. The van der Waals surface area contributed by atoms with Crippen molar-refractivity contribution in [3.05, 3.63) is 70.2 Å². The van der Waals surface area contributed by atoms with Gasteiger partial charge in [0, 0.05) is 16.6 Å². The highest BCUT2D eigenvalue weighted by atomic mass is 79.9. The van der Waals surface area contributed by atoms with Crippen LogP contribution in [0.25, 0.3) is 0 Å². The predicted octanol–water partition coefficient (Wildman–Crippen LogP) is 4.61. The van der Waals surface area contributed by atoms with E-state index in [2.05, 4.69) is 15.9 Å². The van der Waals surface area contributed by atoms with E-state index in [-0.39, 0.29) is 24.4 Å². The highest BCUT2D eigenvalue weighted by Crippen LogP contribution is 2.35. The lowest BCUT2D eigenvalue weighted by molar-refractivity contribution is -0.147. The molecule has 2 aromatic rings. The molecule has 0 aromatic heterocycles. The third kappa shape index (κ3) is 5.69. The maximum absolute atomic E-state index is 12.7. The topological polar surface area (TPSA) is 72.9 Å². The van der Waals surface area contributed by atoms with Gasteiger partial charge in [-0.2, -0.15) is 0 Å². The fourth-order valence-electron chi connectivity index (χ4n) is 3.43. The van der Waals surface area contributed by atoms with E-state index in [4.69, 9.17) is 9.47 Å². The van der Waals surface area contributed by atoms with Crippen LogP contribution in [0.1, 0.15) is 36.2 Å². The average Bonchev–Trinajstić information content (AvgIpc) is 3.07. The van der Waals surface area contributed by atoms with Gasteiger partial charge in [0.1, 0.15) is 12.6 Å². The van der Waals surface area contributed by atoms with Gasteiger partial charge in [-0.15, -0.1) is 0 Å². The first kappa shape index (κ1) is 22.0. The van der Waals surface area contributed by atoms with Crippen LogP contribution in [0.2, 0.25) is 0 Å². The van der Waals surface area contributed by atoms with Crippen molar-refractivity contribution < 1.29 is 23.9 Å². The molecule has 0 unspecified atom stereocenters. The number of nitrogens with zero attached hydrogens (tertiary/aromatic N) is 1. The van der Waals surface area contributed by atoms with E-state index in [0.29, 0.717) is 18.5 Å². The van der Waals surface area contributed by atoms with Crippen molar-refractivity contribution in [3.63, 3.8) is 0 Å². The fourth-order valence-corrected chi connectivity index (χ4v) is 3.69. The molecule has 1 aliphatic heterocycles. The Labute approximate surface area is 184 Å². The smallest absolute Gasteiger partial charge is 0.410 e. The van der Waals surface area contributed by atoms with Crippen LogP contribution in [0.15, 0.2) is 59.1 Å². The SMILES string of the molecule is CC1(C)C[C@@H](C(=O)OCC(=O)c2ccc(Br)cc2)N(C(=O)OCc2ccccc2)C1. The van der Waals surface area contributed by atoms with Gasteiger partial charge in [-0.05, 0) is 29.5 Å². The first-order valence-corrected chi connectivity index (χ1v) is 10.5. The summed E-state index contributed by atoms with van der Waals surface area (Å²) in [7, 11) is 0. The molecule has 30 heavy (non-hydrogen) atoms. The summed E-state index contributed by atoms with van der Waals surface area (Å²) in [5, 5.41) is 0. The van der Waals surface area contributed by atoms with Crippen molar-refractivity contribution in [2.75, 3.05) is 13.2 Å². The maximum Gasteiger partial charge on any atom is 0.410 e. The number of likely N-dealkylation sites (tertiary alicyclic amines) is 1. The van der Waals surface area contributed by atoms with Crippen molar-refractivity contribution in [2.45, 2.75) is 32.9 Å². The molecule has 2 aromatic carbocycles. The van der Waals surface area contributed by atoms with Gasteiger partial charge >= 0.3 is 12.1 Å². The fraction of sp³-hybridized carbons (Fsp3) is 0.348. The summed E-state index contributed by atoms with van der Waals surface area (Å²) in [6, 6.07) is 15.4. The van der Waals surface area contributed by atoms with E-state index < -0.39 is 18.1 Å². The summed E-state index contributed by atoms with van der Waals surface area (Å²) in [6.45, 7) is 4.08. The van der Waals surface area contributed by atoms with Gasteiger partial charge in [-0.3, -0.25) is 9.69 Å². The molecule has 0 bridgehead atoms. The van der Waals surface area contributed by atoms with Crippen molar-refractivity contribution >= 4 is 33.8 Å². The molecule has 1 fully saturated rings. The Bertz CT molecular complexity index is 911. The van der Waals surface area contributed by atoms with Crippen molar-refractivity contribution in [3.8, 4) is 0 Å². The van der Waals surface area contributed by atoms with Crippen LogP contribution in [0.4, 0.5) is 4.79 Å². The number of ketones is 1. The van der Waals surface area contributed by atoms with Crippen molar-refractivity contribution in [1.29, 1.82) is 0 Å². The minimum atomic E-state index is -0.777. The molecule has 0 aliphatic carbocycles. The second-order valence-corrected chi connectivity index (χ2v) is 9.01. The van der Waals surface area contributed by atoms with Gasteiger partial charge in [0.15, 0.2) is 12.4 Å². The Balaban J connectivity index is 1.60. The molecule has 0 saturated carbocycles. The first-order valence-electron chi connectivity index (χ1n) is 9.68. The highest BCUT2D eigenvalue weighted by molar-refractivity contribution is 9.10. The average molecular weight is 474 g/mol. The van der Waals surface area contributed by atoms with Crippen molar-refractivity contribution in [2.24, 2.45) is 5.41 Å². The zero-order valence-corrected chi connectivity index (χ0v) is 18.6. The van der Waals surface area contributed by atoms with Crippen LogP contribution in [-0.2, 0) is 20.9 Å².